The molecule has 0 spiro atoms. The number of aromatic nitrogens is 1. The van der Waals surface area contributed by atoms with Crippen LogP contribution in [0, 0.1) is 11.6 Å². The highest BCUT2D eigenvalue weighted by atomic mass is 19.1. The molecule has 1 amide bonds. The second-order valence-corrected chi connectivity index (χ2v) is 7.33. The van der Waals surface area contributed by atoms with Crippen molar-refractivity contribution in [1.82, 2.24) is 4.98 Å². The molecule has 0 saturated carbocycles. The van der Waals surface area contributed by atoms with Crippen LogP contribution in [0.2, 0.25) is 0 Å². The smallest absolute Gasteiger partial charge is 0.340 e. The zero-order chi connectivity index (χ0) is 22.3. The van der Waals surface area contributed by atoms with Gasteiger partial charge in [-0.25, -0.2) is 13.6 Å². The molecule has 2 aromatic carbocycles. The summed E-state index contributed by atoms with van der Waals surface area (Å²) in [4.78, 5) is 42.3. The first kappa shape index (κ1) is 20.6. The molecule has 0 saturated heterocycles. The van der Waals surface area contributed by atoms with Crippen LogP contribution >= 0.6 is 0 Å². The third-order valence-electron chi connectivity index (χ3n) is 5.28. The third-order valence-corrected chi connectivity index (χ3v) is 5.28. The predicted molar refractivity (Wildman–Crippen MR) is 109 cm³/mol. The summed E-state index contributed by atoms with van der Waals surface area (Å²) in [5.74, 6) is -2.79. The van der Waals surface area contributed by atoms with Gasteiger partial charge in [0.15, 0.2) is 6.10 Å². The maximum Gasteiger partial charge on any atom is 0.340 e. The number of carbonyl (C=O) groups excluding carboxylic acids is 3. The zero-order valence-electron chi connectivity index (χ0n) is 16.8. The maximum atomic E-state index is 14.0. The second-order valence-electron chi connectivity index (χ2n) is 7.33. The Balaban J connectivity index is 1.52. The number of amides is 1. The van der Waals surface area contributed by atoms with Crippen molar-refractivity contribution in [3.8, 4) is 0 Å². The molecule has 158 valence electrons. The lowest BCUT2D eigenvalue weighted by Crippen LogP contribution is -2.26. The predicted octanol–water partition coefficient (Wildman–Crippen LogP) is 3.85. The SMILES string of the molecule is CC(=O)N1CCc2cc(C(=O)C(C)OC(=O)c3cnc4c(F)ccc(F)c4c3)ccc21. The molecule has 0 radical (unpaired) electrons. The molecular formula is C23H18F2N2O4. The van der Waals surface area contributed by atoms with E-state index in [-0.39, 0.29) is 22.4 Å². The lowest BCUT2D eigenvalue weighted by molar-refractivity contribution is -0.116. The molecule has 6 nitrogen and oxygen atoms in total. The number of anilines is 1. The summed E-state index contributed by atoms with van der Waals surface area (Å²) in [5.41, 5.74) is 1.70. The van der Waals surface area contributed by atoms with Gasteiger partial charge in [-0.15, -0.1) is 0 Å². The van der Waals surface area contributed by atoms with Gasteiger partial charge in [0.25, 0.3) is 0 Å². The third kappa shape index (κ3) is 3.76. The molecule has 0 aliphatic carbocycles. The highest BCUT2D eigenvalue weighted by molar-refractivity contribution is 6.03. The summed E-state index contributed by atoms with van der Waals surface area (Å²) < 4.78 is 33.0. The van der Waals surface area contributed by atoms with Crippen LogP contribution in [0.3, 0.4) is 0 Å². The number of rotatable bonds is 4. The molecule has 2 heterocycles. The molecule has 1 unspecified atom stereocenters. The molecule has 1 aliphatic heterocycles. The number of Topliss-reactive ketones (excluding diaryl/α,β-unsaturated/α-hetero) is 1. The van der Waals surface area contributed by atoms with Gasteiger partial charge in [0, 0.05) is 36.3 Å². The molecule has 31 heavy (non-hydrogen) atoms. The summed E-state index contributed by atoms with van der Waals surface area (Å²) in [7, 11) is 0. The minimum absolute atomic E-state index is 0.0690. The van der Waals surface area contributed by atoms with Crippen LogP contribution in [0.4, 0.5) is 14.5 Å². The summed E-state index contributed by atoms with van der Waals surface area (Å²) in [6.07, 6.45) is 0.606. The molecule has 4 rings (SSSR count). The molecular weight excluding hydrogens is 406 g/mol. The Morgan fingerprint density at radius 1 is 1.06 bits per heavy atom. The number of hydrogen-bond donors (Lipinski definition) is 0. The van der Waals surface area contributed by atoms with Crippen molar-refractivity contribution in [2.24, 2.45) is 0 Å². The van der Waals surface area contributed by atoms with E-state index in [0.29, 0.717) is 18.5 Å². The summed E-state index contributed by atoms with van der Waals surface area (Å²) in [5, 5.41) is -0.151. The number of fused-ring (bicyclic) bond motifs is 2. The van der Waals surface area contributed by atoms with Crippen LogP contribution in [-0.4, -0.2) is 35.3 Å². The van der Waals surface area contributed by atoms with E-state index < -0.39 is 29.5 Å². The fourth-order valence-electron chi connectivity index (χ4n) is 3.66. The monoisotopic (exact) mass is 424 g/mol. The Morgan fingerprint density at radius 3 is 2.55 bits per heavy atom. The molecule has 1 aromatic heterocycles. The minimum atomic E-state index is -1.11. The normalized spacial score (nSPS) is 13.7. The van der Waals surface area contributed by atoms with E-state index in [0.717, 1.165) is 35.6 Å². The van der Waals surface area contributed by atoms with Crippen LogP contribution in [0.1, 0.15) is 40.1 Å². The molecule has 3 aromatic rings. The topological polar surface area (TPSA) is 76.6 Å². The standard InChI is InChI=1S/C23H18F2N2O4/c1-12(22(29)15-3-6-20-14(9-15)7-8-27(20)13(2)28)31-23(30)16-10-17-18(24)4-5-19(25)21(17)26-11-16/h3-6,9-12H,7-8H2,1-2H3. The lowest BCUT2D eigenvalue weighted by atomic mass is 10.0. The number of ether oxygens (including phenoxy) is 1. The molecule has 0 fully saturated rings. The summed E-state index contributed by atoms with van der Waals surface area (Å²) >= 11 is 0. The van der Waals surface area contributed by atoms with Gasteiger partial charge in [0.2, 0.25) is 11.7 Å². The van der Waals surface area contributed by atoms with E-state index in [9.17, 15) is 23.2 Å². The van der Waals surface area contributed by atoms with Crippen molar-refractivity contribution in [2.75, 3.05) is 11.4 Å². The number of nitrogens with zero attached hydrogens (tertiary/aromatic N) is 2. The largest absolute Gasteiger partial charge is 0.451 e. The van der Waals surface area contributed by atoms with Crippen molar-refractivity contribution >= 4 is 34.3 Å². The first-order valence-corrected chi connectivity index (χ1v) is 9.66. The van der Waals surface area contributed by atoms with Crippen LogP contribution in [-0.2, 0) is 16.0 Å². The molecule has 1 aliphatic rings. The summed E-state index contributed by atoms with van der Waals surface area (Å²) in [6.45, 7) is 3.47. The number of pyridine rings is 1. The Labute approximate surface area is 176 Å². The minimum Gasteiger partial charge on any atom is -0.451 e. The molecule has 1 atom stereocenters. The number of hydrogen-bond acceptors (Lipinski definition) is 5. The average molecular weight is 424 g/mol. The Hall–Kier alpha value is -3.68. The average Bonchev–Trinajstić information content (AvgIpc) is 3.19. The van der Waals surface area contributed by atoms with Crippen molar-refractivity contribution in [3.63, 3.8) is 0 Å². The first-order valence-electron chi connectivity index (χ1n) is 9.66. The molecule has 0 bridgehead atoms. The van der Waals surface area contributed by atoms with E-state index in [1.807, 2.05) is 0 Å². The lowest BCUT2D eigenvalue weighted by Gasteiger charge is -2.16. The fourth-order valence-corrected chi connectivity index (χ4v) is 3.66. The van der Waals surface area contributed by atoms with Gasteiger partial charge >= 0.3 is 5.97 Å². The quantitative estimate of drug-likeness (QED) is 0.470. The Kier molecular flexibility index (Phi) is 5.22. The van der Waals surface area contributed by atoms with Crippen LogP contribution in [0.5, 0.6) is 0 Å². The number of benzene rings is 2. The molecule has 0 N–H and O–H groups in total. The zero-order valence-corrected chi connectivity index (χ0v) is 16.8. The van der Waals surface area contributed by atoms with Crippen LogP contribution in [0.25, 0.3) is 10.9 Å². The second kappa shape index (κ2) is 7.86. The van der Waals surface area contributed by atoms with Gasteiger partial charge in [-0.1, -0.05) is 0 Å². The van der Waals surface area contributed by atoms with Crippen molar-refractivity contribution in [1.29, 1.82) is 0 Å². The Bertz CT molecular complexity index is 1240. The van der Waals surface area contributed by atoms with Gasteiger partial charge in [-0.05, 0) is 55.3 Å². The van der Waals surface area contributed by atoms with Crippen molar-refractivity contribution in [3.05, 3.63) is 70.9 Å². The maximum absolute atomic E-state index is 14.0. The van der Waals surface area contributed by atoms with E-state index in [2.05, 4.69) is 4.98 Å². The highest BCUT2D eigenvalue weighted by Gasteiger charge is 2.26. The van der Waals surface area contributed by atoms with Gasteiger partial charge in [-0.2, -0.15) is 0 Å². The van der Waals surface area contributed by atoms with Crippen molar-refractivity contribution in [2.45, 2.75) is 26.4 Å². The van der Waals surface area contributed by atoms with Crippen LogP contribution < -0.4 is 4.90 Å². The van der Waals surface area contributed by atoms with E-state index >= 15 is 0 Å². The van der Waals surface area contributed by atoms with E-state index in [4.69, 9.17) is 4.74 Å². The van der Waals surface area contributed by atoms with Crippen molar-refractivity contribution < 1.29 is 27.9 Å². The number of esters is 1. The van der Waals surface area contributed by atoms with Gasteiger partial charge < -0.3 is 9.64 Å². The van der Waals surface area contributed by atoms with Crippen LogP contribution in [0.15, 0.2) is 42.6 Å². The molecule has 8 heteroatoms. The highest BCUT2D eigenvalue weighted by Crippen LogP contribution is 2.29. The van der Waals surface area contributed by atoms with Gasteiger partial charge in [0.05, 0.1) is 5.56 Å². The number of ketones is 1. The fraction of sp³-hybridized carbons (Fsp3) is 0.217. The van der Waals surface area contributed by atoms with E-state index in [1.54, 1.807) is 23.1 Å². The number of carbonyl (C=O) groups is 3. The number of halogens is 2. The summed E-state index contributed by atoms with van der Waals surface area (Å²) in [6, 6.07) is 8.03. The van der Waals surface area contributed by atoms with E-state index in [1.165, 1.54) is 13.8 Å². The Morgan fingerprint density at radius 2 is 1.81 bits per heavy atom. The first-order chi connectivity index (χ1) is 14.8. The van der Waals surface area contributed by atoms with Gasteiger partial charge in [-0.3, -0.25) is 14.6 Å². The van der Waals surface area contributed by atoms with Gasteiger partial charge in [0.1, 0.15) is 17.2 Å².